The molecule has 4 unspecified atom stereocenters. The lowest BCUT2D eigenvalue weighted by molar-refractivity contribution is -0.0640. The van der Waals surface area contributed by atoms with Crippen LogP contribution in [0.15, 0.2) is 48.6 Å². The van der Waals surface area contributed by atoms with Crippen LogP contribution in [0.2, 0.25) is 5.02 Å². The number of halogens is 1. The Kier molecular flexibility index (Phi) is 10.0. The zero-order chi connectivity index (χ0) is 32.8. The fourth-order valence-corrected chi connectivity index (χ4v) is 13.2. The topological polar surface area (TPSA) is 67.9 Å². The number of nitrogens with zero attached hydrogens (tertiary/aromatic N) is 1. The van der Waals surface area contributed by atoms with E-state index in [1.165, 1.54) is 17.5 Å². The number of carbonyl (C=O) groups is 1. The molecular formula is C37H47ClN2O4S3. The molecule has 10 heteroatoms. The summed E-state index contributed by atoms with van der Waals surface area (Å²) in [5.41, 5.74) is 3.52. The summed E-state index contributed by atoms with van der Waals surface area (Å²) in [7, 11) is 0.410. The minimum Gasteiger partial charge on any atom is -0.490 e. The number of aryl methyl sites for hydroxylation is 1. The summed E-state index contributed by atoms with van der Waals surface area (Å²) >= 11 is 10.6. The smallest absolute Gasteiger partial charge is 0.263 e. The molecule has 2 bridgehead atoms. The van der Waals surface area contributed by atoms with Crippen LogP contribution in [0.1, 0.15) is 67.4 Å². The molecule has 2 aliphatic carbocycles. The summed E-state index contributed by atoms with van der Waals surface area (Å²) in [4.78, 5) is 16.0. The number of benzene rings is 2. The van der Waals surface area contributed by atoms with Gasteiger partial charge in [0.1, 0.15) is 22.3 Å². The zero-order valence-electron chi connectivity index (χ0n) is 27.7. The van der Waals surface area contributed by atoms with Crippen molar-refractivity contribution in [3.8, 4) is 5.75 Å². The summed E-state index contributed by atoms with van der Waals surface area (Å²) < 4.78 is 29.8. The number of allylic oxidation sites excluding steroid dienone is 1. The predicted molar refractivity (Wildman–Crippen MR) is 197 cm³/mol. The first-order valence-corrected chi connectivity index (χ1v) is 21.0. The maximum atomic E-state index is 13.5. The molecular weight excluding hydrogens is 668 g/mol. The molecule has 1 saturated heterocycles. The summed E-state index contributed by atoms with van der Waals surface area (Å²) in [5.74, 6) is 4.29. The number of hydrogen-bond acceptors (Lipinski definition) is 7. The highest BCUT2D eigenvalue weighted by molar-refractivity contribution is 8.17. The van der Waals surface area contributed by atoms with Gasteiger partial charge >= 0.3 is 0 Å². The number of fused-ring (bicyclic) bond motifs is 4. The highest BCUT2D eigenvalue weighted by Gasteiger charge is 2.53. The SMILES string of the molecule is CO[C@]1(C2SCCCS2)/C=C/[C@H](C)C(C)CS(=O)NC(=O)c2ccc3c(c2)N(CC2CCC21)C[C@@]1(CCCc2cc(Cl)ccc21)CO3. The number of carbonyl (C=O) groups excluding carboxylic acids is 1. The van der Waals surface area contributed by atoms with Gasteiger partial charge in [0, 0.05) is 42.0 Å². The van der Waals surface area contributed by atoms with Gasteiger partial charge in [-0.15, -0.1) is 23.5 Å². The van der Waals surface area contributed by atoms with Crippen LogP contribution in [0.4, 0.5) is 5.69 Å². The van der Waals surface area contributed by atoms with E-state index in [1.54, 1.807) is 0 Å². The fraction of sp³-hybridized carbons (Fsp3) is 0.595. The van der Waals surface area contributed by atoms with E-state index in [0.29, 0.717) is 34.3 Å². The molecule has 0 radical (unpaired) electrons. The number of ether oxygens (including phenoxy) is 2. The number of thioether (sulfide) groups is 2. The normalized spacial score (nSPS) is 35.4. The molecule has 1 spiro atoms. The lowest BCUT2D eigenvalue weighted by Gasteiger charge is -2.53. The lowest BCUT2D eigenvalue weighted by Crippen LogP contribution is -2.56. The largest absolute Gasteiger partial charge is 0.490 e. The maximum absolute atomic E-state index is 13.5. The number of hydrogen-bond donors (Lipinski definition) is 1. The molecule has 2 fully saturated rings. The molecule has 2 aromatic rings. The van der Waals surface area contributed by atoms with E-state index in [9.17, 15) is 9.00 Å². The van der Waals surface area contributed by atoms with Gasteiger partial charge in [-0.25, -0.2) is 4.21 Å². The van der Waals surface area contributed by atoms with Crippen molar-refractivity contribution in [3.05, 3.63) is 70.3 Å². The molecule has 1 N–H and O–H groups in total. The quantitative estimate of drug-likeness (QED) is 0.321. The Balaban J connectivity index is 1.32. The van der Waals surface area contributed by atoms with Gasteiger partial charge in [-0.2, -0.15) is 0 Å². The number of methoxy groups -OCH3 is 1. The van der Waals surface area contributed by atoms with E-state index in [4.69, 9.17) is 21.1 Å². The van der Waals surface area contributed by atoms with Crippen molar-refractivity contribution in [2.75, 3.05) is 49.0 Å². The molecule has 7 atom stereocenters. The van der Waals surface area contributed by atoms with Crippen LogP contribution in [0.5, 0.6) is 5.75 Å². The molecule has 5 aliphatic rings. The van der Waals surface area contributed by atoms with E-state index in [0.717, 1.165) is 73.2 Å². The van der Waals surface area contributed by atoms with Crippen molar-refractivity contribution in [1.82, 2.24) is 4.72 Å². The van der Waals surface area contributed by atoms with Crippen molar-refractivity contribution in [3.63, 3.8) is 0 Å². The van der Waals surface area contributed by atoms with Gasteiger partial charge in [0.05, 0.1) is 16.9 Å². The average Bonchev–Trinajstić information content (AvgIpc) is 3.21. The monoisotopic (exact) mass is 714 g/mol. The summed E-state index contributed by atoms with van der Waals surface area (Å²) in [6.45, 7) is 6.55. The molecule has 1 amide bonds. The Morgan fingerprint density at radius 2 is 1.94 bits per heavy atom. The highest BCUT2D eigenvalue weighted by atomic mass is 35.5. The Hall–Kier alpha value is -1.65. The Morgan fingerprint density at radius 1 is 1.11 bits per heavy atom. The first-order valence-electron chi connectivity index (χ1n) is 17.2. The van der Waals surface area contributed by atoms with E-state index in [1.807, 2.05) is 31.4 Å². The van der Waals surface area contributed by atoms with Crippen molar-refractivity contribution >= 4 is 57.7 Å². The third-order valence-corrected chi connectivity index (χ3v) is 16.2. The molecule has 7 rings (SSSR count). The van der Waals surface area contributed by atoms with E-state index in [-0.39, 0.29) is 23.2 Å². The van der Waals surface area contributed by atoms with Crippen LogP contribution in [0.25, 0.3) is 0 Å². The van der Waals surface area contributed by atoms with Crippen LogP contribution < -0.4 is 14.4 Å². The molecule has 3 aliphatic heterocycles. The van der Waals surface area contributed by atoms with Crippen molar-refractivity contribution in [2.24, 2.45) is 23.7 Å². The van der Waals surface area contributed by atoms with Gasteiger partial charge in [0.15, 0.2) is 0 Å². The van der Waals surface area contributed by atoms with Gasteiger partial charge < -0.3 is 14.4 Å². The molecule has 0 aromatic heterocycles. The van der Waals surface area contributed by atoms with Crippen molar-refractivity contribution in [2.45, 2.75) is 68.0 Å². The van der Waals surface area contributed by atoms with Crippen LogP contribution in [-0.4, -0.2) is 64.4 Å². The van der Waals surface area contributed by atoms with Gasteiger partial charge in [-0.1, -0.05) is 43.7 Å². The third-order valence-electron chi connectivity index (χ3n) is 11.5. The first-order chi connectivity index (χ1) is 22.7. The Labute approximate surface area is 296 Å². The van der Waals surface area contributed by atoms with Gasteiger partial charge in [0.25, 0.3) is 5.91 Å². The number of nitrogens with one attached hydrogen (secondary N) is 1. The summed E-state index contributed by atoms with van der Waals surface area (Å²) in [6.07, 6.45) is 11.3. The minimum absolute atomic E-state index is 0.124. The second kappa shape index (κ2) is 13.9. The van der Waals surface area contributed by atoms with E-state index in [2.05, 4.69) is 71.3 Å². The summed E-state index contributed by atoms with van der Waals surface area (Å²) in [6, 6.07) is 12.1. The van der Waals surface area contributed by atoms with Crippen molar-refractivity contribution < 1.29 is 18.5 Å². The number of rotatable bonds is 2. The average molecular weight is 715 g/mol. The molecule has 254 valence electrons. The van der Waals surface area contributed by atoms with E-state index >= 15 is 0 Å². The Bertz CT molecular complexity index is 1550. The number of amides is 1. The van der Waals surface area contributed by atoms with Gasteiger partial charge in [-0.05, 0) is 115 Å². The first kappa shape index (κ1) is 33.8. The molecule has 2 aromatic carbocycles. The van der Waals surface area contributed by atoms with Gasteiger partial charge in [-0.3, -0.25) is 9.52 Å². The predicted octanol–water partition coefficient (Wildman–Crippen LogP) is 7.66. The highest BCUT2D eigenvalue weighted by Crippen LogP contribution is 2.54. The van der Waals surface area contributed by atoms with E-state index < -0.39 is 16.6 Å². The van der Waals surface area contributed by atoms with Crippen LogP contribution in [-0.2, 0) is 27.6 Å². The third kappa shape index (κ3) is 6.53. The maximum Gasteiger partial charge on any atom is 0.263 e. The molecule has 47 heavy (non-hydrogen) atoms. The standard InChI is InChI=1S/C37H47ClN2O4S3/c1-24-13-15-37(43-3,35-45-16-5-17-46-35)31-10-7-28(31)20-40-22-36(14-4-6-26-18-29(38)9-11-30(26)36)23-44-33-12-8-27(19-32(33)40)34(41)39-47(42)21-25(24)2/h8-9,11-13,15,18-19,24-25,28,31,35H,4-7,10,14,16-17,20-23H2,1-3H3,(H,39,41)/b15-13+/t24-,25?,28?,31?,36-,37+,47?/m0/s1. The van der Waals surface area contributed by atoms with Crippen molar-refractivity contribution in [1.29, 1.82) is 0 Å². The zero-order valence-corrected chi connectivity index (χ0v) is 30.9. The van der Waals surface area contributed by atoms with Crippen LogP contribution in [0.3, 0.4) is 0 Å². The van der Waals surface area contributed by atoms with Crippen LogP contribution in [0, 0.1) is 23.7 Å². The molecule has 1 saturated carbocycles. The molecule has 6 nitrogen and oxygen atoms in total. The Morgan fingerprint density at radius 3 is 2.70 bits per heavy atom. The second-order valence-electron chi connectivity index (χ2n) is 14.4. The second-order valence-corrected chi connectivity index (χ2v) is 18.7. The fourth-order valence-electron chi connectivity index (χ4n) is 8.45. The number of anilines is 1. The van der Waals surface area contributed by atoms with Gasteiger partial charge in [0.2, 0.25) is 0 Å². The molecule has 3 heterocycles. The summed E-state index contributed by atoms with van der Waals surface area (Å²) in [5, 5.41) is 0.778. The van der Waals surface area contributed by atoms with Crippen LogP contribution >= 0.6 is 35.1 Å². The lowest BCUT2D eigenvalue weighted by atomic mass is 9.64. The minimum atomic E-state index is -1.50.